The van der Waals surface area contributed by atoms with Gasteiger partial charge in [0.25, 0.3) is 21.8 Å². The third-order valence-electron chi connectivity index (χ3n) is 3.94. The molecule has 0 aromatic heterocycles. The molecule has 0 spiro atoms. The Labute approximate surface area is 182 Å². The van der Waals surface area contributed by atoms with Gasteiger partial charge in [0.1, 0.15) is 17.6 Å². The standard InChI is InChI=1S/C18H16Cl2N4O5S/c1-10(21-17-12-4-2-3-5-15(12)30(27,28)24-17)18(26)23-22-16(25)9-29-14-7-6-11(19)8-13(14)20/h2-8,10H,9H2,1H3,(H,21,24)(H,22,25)(H,23,26)/t10-/m1/s1. The average Bonchev–Trinajstić information content (AvgIpc) is 2.95. The molecule has 1 atom stereocenters. The van der Waals surface area contributed by atoms with Gasteiger partial charge in [-0.2, -0.15) is 0 Å². The lowest BCUT2D eigenvalue weighted by molar-refractivity contribution is -0.130. The highest BCUT2D eigenvalue weighted by Crippen LogP contribution is 2.27. The Balaban J connectivity index is 1.55. The van der Waals surface area contributed by atoms with Crippen molar-refractivity contribution >= 4 is 50.9 Å². The zero-order valence-electron chi connectivity index (χ0n) is 15.5. The van der Waals surface area contributed by atoms with Gasteiger partial charge < -0.3 is 4.74 Å². The van der Waals surface area contributed by atoms with Gasteiger partial charge in [0.2, 0.25) is 0 Å². The number of hydrogen-bond acceptors (Lipinski definition) is 6. The van der Waals surface area contributed by atoms with E-state index in [1.807, 2.05) is 0 Å². The number of amides is 2. The van der Waals surface area contributed by atoms with Crippen LogP contribution >= 0.6 is 23.2 Å². The van der Waals surface area contributed by atoms with Crippen molar-refractivity contribution in [1.29, 1.82) is 0 Å². The summed E-state index contributed by atoms with van der Waals surface area (Å²) in [5.41, 5.74) is 4.76. The summed E-state index contributed by atoms with van der Waals surface area (Å²) in [6.07, 6.45) is 0. The fourth-order valence-electron chi connectivity index (χ4n) is 2.49. The van der Waals surface area contributed by atoms with Crippen molar-refractivity contribution in [3.8, 4) is 5.75 Å². The first kappa shape index (κ1) is 21.9. The highest BCUT2D eigenvalue weighted by Gasteiger charge is 2.31. The number of amidine groups is 1. The molecule has 0 fully saturated rings. The van der Waals surface area contributed by atoms with Crippen molar-refractivity contribution in [2.75, 3.05) is 6.61 Å². The zero-order chi connectivity index (χ0) is 21.9. The third kappa shape index (κ3) is 5.02. The van der Waals surface area contributed by atoms with Crippen LogP contribution in [-0.4, -0.2) is 38.7 Å². The summed E-state index contributed by atoms with van der Waals surface area (Å²) in [4.78, 5) is 28.2. The first-order valence-corrected chi connectivity index (χ1v) is 10.8. The number of hydrazine groups is 1. The normalized spacial score (nSPS) is 16.3. The van der Waals surface area contributed by atoms with Gasteiger partial charge in [-0.05, 0) is 37.3 Å². The summed E-state index contributed by atoms with van der Waals surface area (Å²) in [5.74, 6) is -0.972. The molecule has 2 aromatic carbocycles. The molecule has 9 nitrogen and oxygen atoms in total. The predicted octanol–water partition coefficient (Wildman–Crippen LogP) is 1.65. The highest BCUT2D eigenvalue weighted by atomic mass is 35.5. The molecule has 3 rings (SSSR count). The van der Waals surface area contributed by atoms with E-state index < -0.39 is 34.5 Å². The minimum atomic E-state index is -3.71. The van der Waals surface area contributed by atoms with Crippen molar-refractivity contribution in [1.82, 2.24) is 15.6 Å². The number of rotatable bonds is 5. The molecule has 0 unspecified atom stereocenters. The number of hydrogen-bond donors (Lipinski definition) is 3. The van der Waals surface area contributed by atoms with Gasteiger partial charge in [-0.1, -0.05) is 35.3 Å². The number of carbonyl (C=O) groups excluding carboxylic acids is 2. The molecule has 0 saturated carbocycles. The maximum atomic E-state index is 12.2. The second kappa shape index (κ2) is 8.90. The van der Waals surface area contributed by atoms with E-state index in [0.717, 1.165) is 0 Å². The molecule has 0 bridgehead atoms. The van der Waals surface area contributed by atoms with Crippen LogP contribution in [0.5, 0.6) is 5.75 Å². The van der Waals surface area contributed by atoms with Gasteiger partial charge in [0.15, 0.2) is 6.61 Å². The van der Waals surface area contributed by atoms with E-state index in [1.54, 1.807) is 24.3 Å². The van der Waals surface area contributed by atoms with Crippen molar-refractivity contribution in [3.63, 3.8) is 0 Å². The molecule has 1 aliphatic heterocycles. The van der Waals surface area contributed by atoms with Gasteiger partial charge in [0, 0.05) is 10.6 Å². The average molecular weight is 471 g/mol. The van der Waals surface area contributed by atoms with Gasteiger partial charge in [-0.25, -0.2) is 8.42 Å². The Morgan fingerprint density at radius 2 is 1.90 bits per heavy atom. The number of nitrogens with one attached hydrogen (secondary N) is 3. The van der Waals surface area contributed by atoms with E-state index in [-0.39, 0.29) is 21.5 Å². The number of carbonyl (C=O) groups is 2. The number of halogens is 2. The van der Waals surface area contributed by atoms with Gasteiger partial charge in [-0.15, -0.1) is 0 Å². The molecular weight excluding hydrogens is 455 g/mol. The molecule has 2 amide bonds. The van der Waals surface area contributed by atoms with E-state index in [0.29, 0.717) is 10.6 Å². The number of aliphatic imine (C=N–C) groups is 1. The first-order valence-electron chi connectivity index (χ1n) is 8.54. The largest absolute Gasteiger partial charge is 0.482 e. The molecule has 0 saturated heterocycles. The molecule has 1 aliphatic rings. The highest BCUT2D eigenvalue weighted by molar-refractivity contribution is 7.90. The Hall–Kier alpha value is -2.82. The summed E-state index contributed by atoms with van der Waals surface area (Å²) in [5, 5.41) is 0.662. The van der Waals surface area contributed by atoms with Crippen molar-refractivity contribution in [2.45, 2.75) is 17.9 Å². The van der Waals surface area contributed by atoms with Crippen molar-refractivity contribution in [2.24, 2.45) is 4.99 Å². The van der Waals surface area contributed by atoms with E-state index >= 15 is 0 Å². The van der Waals surface area contributed by atoms with Gasteiger partial charge in [-0.3, -0.25) is 30.2 Å². The minimum absolute atomic E-state index is 0.0558. The fourth-order valence-corrected chi connectivity index (χ4v) is 4.19. The maximum absolute atomic E-state index is 12.2. The van der Waals surface area contributed by atoms with Crippen LogP contribution in [-0.2, 0) is 19.6 Å². The number of fused-ring (bicyclic) bond motifs is 1. The lowest BCUT2D eigenvalue weighted by atomic mass is 10.2. The third-order valence-corrected chi connectivity index (χ3v) is 5.87. The van der Waals surface area contributed by atoms with Crippen LogP contribution in [0.1, 0.15) is 12.5 Å². The molecule has 3 N–H and O–H groups in total. The van der Waals surface area contributed by atoms with Gasteiger partial charge >= 0.3 is 0 Å². The summed E-state index contributed by atoms with van der Waals surface area (Å²) in [6.45, 7) is 1.05. The van der Waals surface area contributed by atoms with Crippen LogP contribution in [0.15, 0.2) is 52.4 Å². The van der Waals surface area contributed by atoms with Crippen LogP contribution in [0.4, 0.5) is 0 Å². The van der Waals surface area contributed by atoms with Crippen molar-refractivity contribution < 1.29 is 22.7 Å². The molecular formula is C18H16Cl2N4O5S. The lowest BCUT2D eigenvalue weighted by Gasteiger charge is -2.12. The summed E-state index contributed by atoms with van der Waals surface area (Å²) in [7, 11) is -3.71. The molecule has 0 radical (unpaired) electrons. The topological polar surface area (TPSA) is 126 Å². The van der Waals surface area contributed by atoms with Crippen LogP contribution in [0.25, 0.3) is 0 Å². The second-order valence-corrected chi connectivity index (χ2v) is 8.65. The quantitative estimate of drug-likeness (QED) is 0.572. The van der Waals surface area contributed by atoms with Gasteiger partial charge in [0.05, 0.1) is 9.92 Å². The maximum Gasteiger partial charge on any atom is 0.276 e. The Bertz CT molecular complexity index is 1140. The summed E-state index contributed by atoms with van der Waals surface area (Å²) in [6, 6.07) is 9.82. The van der Waals surface area contributed by atoms with E-state index in [4.69, 9.17) is 27.9 Å². The Morgan fingerprint density at radius 1 is 1.17 bits per heavy atom. The lowest BCUT2D eigenvalue weighted by Crippen LogP contribution is -2.47. The SMILES string of the molecule is C[C@@H](N=C1NS(=O)(=O)c2ccccc21)C(=O)NNC(=O)COc1ccc(Cl)cc1Cl. The van der Waals surface area contributed by atoms with E-state index in [2.05, 4.69) is 20.6 Å². The summed E-state index contributed by atoms with van der Waals surface area (Å²) >= 11 is 11.7. The van der Waals surface area contributed by atoms with Crippen LogP contribution in [0.3, 0.4) is 0 Å². The zero-order valence-corrected chi connectivity index (χ0v) is 17.8. The molecule has 30 heavy (non-hydrogen) atoms. The molecule has 0 aliphatic carbocycles. The number of nitrogens with zero attached hydrogens (tertiary/aromatic N) is 1. The second-order valence-electron chi connectivity index (χ2n) is 6.16. The monoisotopic (exact) mass is 470 g/mol. The van der Waals surface area contributed by atoms with Crippen molar-refractivity contribution in [3.05, 3.63) is 58.1 Å². The summed E-state index contributed by atoms with van der Waals surface area (Å²) < 4.78 is 31.7. The number of ether oxygens (including phenoxy) is 1. The number of sulfonamides is 1. The fraction of sp³-hybridized carbons (Fsp3) is 0.167. The molecule has 2 aromatic rings. The van der Waals surface area contributed by atoms with Crippen LogP contribution in [0, 0.1) is 0 Å². The predicted molar refractivity (Wildman–Crippen MR) is 111 cm³/mol. The van der Waals surface area contributed by atoms with E-state index in [9.17, 15) is 18.0 Å². The first-order chi connectivity index (χ1) is 14.2. The Morgan fingerprint density at radius 3 is 2.63 bits per heavy atom. The van der Waals surface area contributed by atoms with Crippen LogP contribution < -0.4 is 20.3 Å². The molecule has 12 heteroatoms. The van der Waals surface area contributed by atoms with E-state index in [1.165, 1.54) is 25.1 Å². The molecule has 1 heterocycles. The number of benzene rings is 2. The smallest absolute Gasteiger partial charge is 0.276 e. The Kier molecular flexibility index (Phi) is 6.49. The minimum Gasteiger partial charge on any atom is -0.482 e. The molecule has 158 valence electrons. The van der Waals surface area contributed by atoms with Crippen LogP contribution in [0.2, 0.25) is 10.0 Å².